The molecule has 0 amide bonds. The molecule has 0 unspecified atom stereocenters. The van der Waals surface area contributed by atoms with E-state index in [4.69, 9.17) is 5.11 Å². The van der Waals surface area contributed by atoms with Crippen LogP contribution >= 0.6 is 38.5 Å². The summed E-state index contributed by atoms with van der Waals surface area (Å²) < 4.78 is 28.5. The van der Waals surface area contributed by atoms with E-state index in [1.807, 2.05) is 22.6 Å². The molecule has 0 radical (unpaired) electrons. The molecule has 8 heteroatoms. The Labute approximate surface area is 156 Å². The quantitative estimate of drug-likeness (QED) is 0.602. The molecule has 1 N–H and O–H groups in total. The van der Waals surface area contributed by atoms with Gasteiger partial charge < -0.3 is 5.11 Å². The van der Waals surface area contributed by atoms with Crippen LogP contribution in [0.1, 0.15) is 6.42 Å². The van der Waals surface area contributed by atoms with Gasteiger partial charge in [0.15, 0.2) is 0 Å². The summed E-state index contributed by atoms with van der Waals surface area (Å²) in [6.07, 6.45) is -0.277. The van der Waals surface area contributed by atoms with Crippen molar-refractivity contribution < 1.29 is 18.3 Å². The fourth-order valence-corrected chi connectivity index (χ4v) is 4.55. The molecule has 23 heavy (non-hydrogen) atoms. The van der Waals surface area contributed by atoms with E-state index in [1.54, 1.807) is 36.4 Å². The van der Waals surface area contributed by atoms with Crippen molar-refractivity contribution in [3.8, 4) is 0 Å². The summed E-state index contributed by atoms with van der Waals surface area (Å²) in [4.78, 5) is 11.0. The summed E-state index contributed by atoms with van der Waals surface area (Å²) >= 11 is 5.30. The summed E-state index contributed by atoms with van der Waals surface area (Å²) in [5.74, 6) is -1.05. The number of carbonyl (C=O) groups is 1. The lowest BCUT2D eigenvalue weighted by Crippen LogP contribution is -2.33. The molecule has 5 nitrogen and oxygen atoms in total. The van der Waals surface area contributed by atoms with Gasteiger partial charge in [0.1, 0.15) is 0 Å². The number of nitrogens with zero attached hydrogens (tertiary/aromatic N) is 1. The van der Waals surface area contributed by atoms with Crippen LogP contribution in [0.4, 0.5) is 5.69 Å². The Morgan fingerprint density at radius 2 is 1.74 bits per heavy atom. The number of anilines is 1. The van der Waals surface area contributed by atoms with Gasteiger partial charge in [-0.1, -0.05) is 28.1 Å². The first-order valence-electron chi connectivity index (χ1n) is 6.57. The molecule has 0 aliphatic carbocycles. The molecule has 0 aliphatic rings. The van der Waals surface area contributed by atoms with Gasteiger partial charge in [0.05, 0.1) is 17.0 Å². The maximum Gasteiger partial charge on any atom is 0.305 e. The predicted octanol–water partition coefficient (Wildman–Crippen LogP) is 3.72. The average molecular weight is 510 g/mol. The van der Waals surface area contributed by atoms with E-state index < -0.39 is 16.0 Å². The monoisotopic (exact) mass is 509 g/mol. The Kier molecular flexibility index (Phi) is 6.04. The summed E-state index contributed by atoms with van der Waals surface area (Å²) in [7, 11) is -3.84. The molecule has 0 spiro atoms. The third kappa shape index (κ3) is 4.45. The van der Waals surface area contributed by atoms with Gasteiger partial charge in [0.25, 0.3) is 10.0 Å². The van der Waals surface area contributed by atoms with Gasteiger partial charge in [0.2, 0.25) is 0 Å². The highest BCUT2D eigenvalue weighted by atomic mass is 127. The summed E-state index contributed by atoms with van der Waals surface area (Å²) in [5.41, 5.74) is 0.470. The maximum atomic E-state index is 12.9. The standard InChI is InChI=1S/C15H13BrINO4S/c16-11-5-7-12(8-6-11)23(21,22)18(10-9-15(19)20)14-4-2-1-3-13(14)17/h1-8H,9-10H2,(H,19,20). The molecule has 0 saturated heterocycles. The smallest absolute Gasteiger partial charge is 0.305 e. The predicted molar refractivity (Wildman–Crippen MR) is 100 cm³/mol. The zero-order valence-corrected chi connectivity index (χ0v) is 16.4. The molecule has 0 atom stereocenters. The van der Waals surface area contributed by atoms with Gasteiger partial charge in [-0.25, -0.2) is 8.42 Å². The molecule has 0 fully saturated rings. The number of carboxylic acids is 1. The number of carboxylic acid groups (broad SMARTS) is 1. The van der Waals surface area contributed by atoms with Gasteiger partial charge in [-0.2, -0.15) is 0 Å². The zero-order valence-electron chi connectivity index (χ0n) is 11.8. The lowest BCUT2D eigenvalue weighted by molar-refractivity contribution is -0.136. The minimum Gasteiger partial charge on any atom is -0.481 e. The lowest BCUT2D eigenvalue weighted by atomic mass is 10.3. The van der Waals surface area contributed by atoms with Crippen LogP contribution in [0.25, 0.3) is 0 Å². The van der Waals surface area contributed by atoms with Crippen molar-refractivity contribution in [2.45, 2.75) is 11.3 Å². The van der Waals surface area contributed by atoms with E-state index in [0.717, 1.165) is 12.3 Å². The van der Waals surface area contributed by atoms with E-state index in [1.165, 1.54) is 12.1 Å². The van der Waals surface area contributed by atoms with Crippen LogP contribution in [0, 0.1) is 3.57 Å². The second kappa shape index (κ2) is 7.63. The van der Waals surface area contributed by atoms with Crippen LogP contribution in [0.5, 0.6) is 0 Å². The van der Waals surface area contributed by atoms with Crippen molar-refractivity contribution in [1.29, 1.82) is 0 Å². The van der Waals surface area contributed by atoms with Gasteiger partial charge in [-0.3, -0.25) is 9.10 Å². The third-order valence-electron chi connectivity index (χ3n) is 3.05. The number of para-hydroxylation sites is 1. The number of hydrogen-bond donors (Lipinski definition) is 1. The molecule has 0 saturated carbocycles. The first-order chi connectivity index (χ1) is 10.8. The van der Waals surface area contributed by atoms with Gasteiger partial charge >= 0.3 is 5.97 Å². The highest BCUT2D eigenvalue weighted by Crippen LogP contribution is 2.28. The first-order valence-corrected chi connectivity index (χ1v) is 9.88. The van der Waals surface area contributed by atoms with E-state index in [-0.39, 0.29) is 17.9 Å². The van der Waals surface area contributed by atoms with Crippen LogP contribution in [0.3, 0.4) is 0 Å². The largest absolute Gasteiger partial charge is 0.481 e. The van der Waals surface area contributed by atoms with Crippen LogP contribution in [-0.2, 0) is 14.8 Å². The van der Waals surface area contributed by atoms with Crippen LogP contribution in [-0.4, -0.2) is 26.0 Å². The second-order valence-electron chi connectivity index (χ2n) is 4.63. The average Bonchev–Trinajstić information content (AvgIpc) is 2.49. The minimum absolute atomic E-state index is 0.116. The molecule has 122 valence electrons. The topological polar surface area (TPSA) is 74.7 Å². The zero-order chi connectivity index (χ0) is 17.0. The van der Waals surface area contributed by atoms with E-state index in [2.05, 4.69) is 15.9 Å². The molecular formula is C15H13BrINO4S. The third-order valence-corrected chi connectivity index (χ3v) is 6.32. The molecule has 0 heterocycles. The fourth-order valence-electron chi connectivity index (χ4n) is 1.96. The van der Waals surface area contributed by atoms with Crippen molar-refractivity contribution in [1.82, 2.24) is 0 Å². The Hall–Kier alpha value is -1.13. The normalized spacial score (nSPS) is 11.2. The minimum atomic E-state index is -3.84. The van der Waals surface area contributed by atoms with Crippen molar-refractivity contribution in [3.63, 3.8) is 0 Å². The van der Waals surface area contributed by atoms with Gasteiger partial charge in [0, 0.05) is 14.6 Å². The van der Waals surface area contributed by atoms with Crippen molar-refractivity contribution >= 4 is 60.2 Å². The molecule has 2 aromatic carbocycles. The van der Waals surface area contributed by atoms with E-state index >= 15 is 0 Å². The Morgan fingerprint density at radius 1 is 1.13 bits per heavy atom. The van der Waals surface area contributed by atoms with Gasteiger partial charge in [-0.15, -0.1) is 0 Å². The molecule has 0 bridgehead atoms. The molecular weight excluding hydrogens is 497 g/mol. The number of aliphatic carboxylic acids is 1. The van der Waals surface area contributed by atoms with Gasteiger partial charge in [-0.05, 0) is 59.0 Å². The number of rotatable bonds is 6. The fraction of sp³-hybridized carbons (Fsp3) is 0.133. The van der Waals surface area contributed by atoms with Crippen LogP contribution in [0.15, 0.2) is 57.9 Å². The van der Waals surface area contributed by atoms with Crippen molar-refractivity contribution in [2.24, 2.45) is 0 Å². The number of benzene rings is 2. The molecule has 2 rings (SSSR count). The van der Waals surface area contributed by atoms with Crippen LogP contribution in [0.2, 0.25) is 0 Å². The van der Waals surface area contributed by atoms with E-state index in [9.17, 15) is 13.2 Å². The maximum absolute atomic E-state index is 12.9. The number of halogens is 2. The van der Waals surface area contributed by atoms with Crippen molar-refractivity contribution in [3.05, 3.63) is 56.6 Å². The summed E-state index contributed by atoms with van der Waals surface area (Å²) in [6.45, 7) is -0.131. The molecule has 0 aliphatic heterocycles. The highest BCUT2D eigenvalue weighted by Gasteiger charge is 2.26. The van der Waals surface area contributed by atoms with E-state index in [0.29, 0.717) is 5.69 Å². The SMILES string of the molecule is O=C(O)CCN(c1ccccc1I)S(=O)(=O)c1ccc(Br)cc1. The number of hydrogen-bond acceptors (Lipinski definition) is 3. The summed E-state index contributed by atoms with van der Waals surface area (Å²) in [5, 5.41) is 8.92. The Morgan fingerprint density at radius 3 is 2.30 bits per heavy atom. The second-order valence-corrected chi connectivity index (χ2v) is 8.57. The Bertz CT molecular complexity index is 808. The first kappa shape index (κ1) is 18.2. The lowest BCUT2D eigenvalue weighted by Gasteiger charge is -2.25. The highest BCUT2D eigenvalue weighted by molar-refractivity contribution is 14.1. The summed E-state index contributed by atoms with van der Waals surface area (Å²) in [6, 6.07) is 13.2. The molecule has 0 aromatic heterocycles. The molecule has 2 aromatic rings. The number of sulfonamides is 1. The Balaban J connectivity index is 2.50. The van der Waals surface area contributed by atoms with Crippen LogP contribution < -0.4 is 4.31 Å². The van der Waals surface area contributed by atoms with Crippen molar-refractivity contribution in [2.75, 3.05) is 10.8 Å².